The van der Waals surface area contributed by atoms with E-state index < -0.39 is 5.97 Å². The Bertz CT molecular complexity index is 1170. The molecule has 0 saturated carbocycles. The number of methoxy groups -OCH3 is 1. The maximum atomic E-state index is 12.9. The number of piperidine rings is 1. The summed E-state index contributed by atoms with van der Waals surface area (Å²) in [6.07, 6.45) is 2.38. The molecule has 12 heteroatoms. The molecule has 0 spiro atoms. The highest BCUT2D eigenvalue weighted by Crippen LogP contribution is 2.36. The van der Waals surface area contributed by atoms with E-state index >= 15 is 0 Å². The van der Waals surface area contributed by atoms with Gasteiger partial charge in [-0.3, -0.25) is 4.79 Å². The van der Waals surface area contributed by atoms with Crippen LogP contribution in [-0.4, -0.2) is 69.4 Å². The van der Waals surface area contributed by atoms with Gasteiger partial charge in [0.1, 0.15) is 16.9 Å². The van der Waals surface area contributed by atoms with Gasteiger partial charge in [0, 0.05) is 38.9 Å². The maximum absolute atomic E-state index is 12.9. The van der Waals surface area contributed by atoms with E-state index in [2.05, 4.69) is 20.0 Å². The molecule has 1 saturated heterocycles. The molecule has 0 bridgehead atoms. The van der Waals surface area contributed by atoms with E-state index in [1.807, 2.05) is 13.8 Å². The van der Waals surface area contributed by atoms with Gasteiger partial charge >= 0.3 is 5.97 Å². The minimum absolute atomic E-state index is 0.0185. The average molecular weight is 507 g/mol. The standard InChI is InChI=1S/C22H27ClN6O4S/c1-5-33-17-10-29(7-6-13(17)8-16(30)15-9-14(23)12(2)26-15)22-27-18(19(34-22)21(31)32-4)20-24-11-25-28(20)3/h9,11,13,17,26H,5-8,10H2,1-4H3/t13-,17-/m0/s1. The topological polar surface area (TPSA) is 115 Å². The molecule has 0 unspecified atom stereocenters. The van der Waals surface area contributed by atoms with Crippen molar-refractivity contribution in [3.63, 3.8) is 0 Å². The van der Waals surface area contributed by atoms with Gasteiger partial charge in [-0.1, -0.05) is 22.9 Å². The minimum Gasteiger partial charge on any atom is -0.465 e. The molecule has 0 aliphatic carbocycles. The monoisotopic (exact) mass is 506 g/mol. The normalized spacial score (nSPS) is 18.3. The van der Waals surface area contributed by atoms with Crippen molar-refractivity contribution < 1.29 is 19.1 Å². The number of rotatable bonds is 8. The second-order valence-electron chi connectivity index (χ2n) is 8.14. The molecule has 3 aromatic rings. The molecule has 4 rings (SSSR count). The van der Waals surface area contributed by atoms with Crippen LogP contribution >= 0.6 is 22.9 Å². The first-order chi connectivity index (χ1) is 16.3. The molecule has 1 fully saturated rings. The SMILES string of the molecule is CCO[C@H]1CN(c2nc(-c3ncnn3C)c(C(=O)OC)s2)CC[C@H]1CC(=O)c1cc(Cl)c(C)[nH]1. The summed E-state index contributed by atoms with van der Waals surface area (Å²) >= 11 is 7.37. The van der Waals surface area contributed by atoms with Crippen molar-refractivity contribution in [3.8, 4) is 11.5 Å². The van der Waals surface area contributed by atoms with Gasteiger partial charge in [-0.05, 0) is 32.3 Å². The largest absolute Gasteiger partial charge is 0.465 e. The highest BCUT2D eigenvalue weighted by Gasteiger charge is 2.34. The fraction of sp³-hybridized carbons (Fsp3) is 0.500. The number of hydrogen-bond acceptors (Lipinski definition) is 9. The van der Waals surface area contributed by atoms with Crippen LogP contribution < -0.4 is 4.90 Å². The molecule has 10 nitrogen and oxygen atoms in total. The van der Waals surface area contributed by atoms with Gasteiger partial charge in [-0.15, -0.1) is 0 Å². The summed E-state index contributed by atoms with van der Waals surface area (Å²) in [6.45, 7) is 5.55. The lowest BCUT2D eigenvalue weighted by Gasteiger charge is -2.38. The second-order valence-corrected chi connectivity index (χ2v) is 9.53. The quantitative estimate of drug-likeness (QED) is 0.364. The van der Waals surface area contributed by atoms with Crippen molar-refractivity contribution in [1.29, 1.82) is 0 Å². The van der Waals surface area contributed by atoms with Crippen LogP contribution in [0.3, 0.4) is 0 Å². The molecular weight excluding hydrogens is 480 g/mol. The van der Waals surface area contributed by atoms with Gasteiger partial charge in [-0.25, -0.2) is 19.4 Å². The highest BCUT2D eigenvalue weighted by molar-refractivity contribution is 7.17. The number of nitrogens with one attached hydrogen (secondary N) is 1. The van der Waals surface area contributed by atoms with E-state index in [-0.39, 0.29) is 17.8 Å². The van der Waals surface area contributed by atoms with Crippen LogP contribution in [0.1, 0.15) is 45.6 Å². The number of anilines is 1. The predicted octanol–water partition coefficient (Wildman–Crippen LogP) is 3.52. The summed E-state index contributed by atoms with van der Waals surface area (Å²) < 4.78 is 12.6. The molecule has 0 aromatic carbocycles. The van der Waals surface area contributed by atoms with E-state index in [1.54, 1.807) is 17.8 Å². The van der Waals surface area contributed by atoms with E-state index in [1.165, 1.54) is 24.8 Å². The van der Waals surface area contributed by atoms with Crippen molar-refractivity contribution in [2.75, 3.05) is 31.7 Å². The Kier molecular flexibility index (Phi) is 7.34. The number of nitrogens with zero attached hydrogens (tertiary/aromatic N) is 5. The Labute approximate surface area is 206 Å². The number of aromatic amines is 1. The van der Waals surface area contributed by atoms with Crippen LogP contribution in [-0.2, 0) is 16.5 Å². The lowest BCUT2D eigenvalue weighted by Crippen LogP contribution is -2.46. The zero-order valence-electron chi connectivity index (χ0n) is 19.5. The van der Waals surface area contributed by atoms with Crippen LogP contribution in [0.25, 0.3) is 11.5 Å². The summed E-state index contributed by atoms with van der Waals surface area (Å²) in [4.78, 5) is 39.8. The molecule has 34 heavy (non-hydrogen) atoms. The summed E-state index contributed by atoms with van der Waals surface area (Å²) in [5.41, 5.74) is 1.75. The highest BCUT2D eigenvalue weighted by atomic mass is 35.5. The second kappa shape index (κ2) is 10.2. The zero-order valence-corrected chi connectivity index (χ0v) is 21.1. The molecule has 1 aliphatic heterocycles. The van der Waals surface area contributed by atoms with Crippen molar-refractivity contribution in [2.24, 2.45) is 13.0 Å². The van der Waals surface area contributed by atoms with Crippen LogP contribution in [0.4, 0.5) is 5.13 Å². The first-order valence-electron chi connectivity index (χ1n) is 11.0. The molecule has 0 amide bonds. The number of aromatic nitrogens is 5. The van der Waals surface area contributed by atoms with Gasteiger partial charge in [-0.2, -0.15) is 5.10 Å². The Morgan fingerprint density at radius 1 is 1.38 bits per heavy atom. The number of carbonyl (C=O) groups excluding carboxylic acids is 2. The smallest absolute Gasteiger partial charge is 0.350 e. The number of carbonyl (C=O) groups is 2. The molecule has 3 aromatic heterocycles. The number of H-pyrrole nitrogens is 1. The number of ketones is 1. The molecule has 1 aliphatic rings. The first kappa shape index (κ1) is 24.4. The molecule has 4 heterocycles. The molecule has 0 radical (unpaired) electrons. The van der Waals surface area contributed by atoms with Crippen LogP contribution in [0, 0.1) is 12.8 Å². The Balaban J connectivity index is 1.54. The van der Waals surface area contributed by atoms with Crippen molar-refractivity contribution in [1.82, 2.24) is 24.7 Å². The van der Waals surface area contributed by atoms with E-state index in [4.69, 9.17) is 26.1 Å². The summed E-state index contributed by atoms with van der Waals surface area (Å²) in [7, 11) is 3.09. The van der Waals surface area contributed by atoms with Gasteiger partial charge in [0.15, 0.2) is 16.7 Å². The lowest BCUT2D eigenvalue weighted by molar-refractivity contribution is 0.0103. The van der Waals surface area contributed by atoms with Crippen molar-refractivity contribution in [2.45, 2.75) is 32.8 Å². The summed E-state index contributed by atoms with van der Waals surface area (Å²) in [5, 5.41) is 5.33. The number of thiazole rings is 1. The van der Waals surface area contributed by atoms with Crippen LogP contribution in [0.5, 0.6) is 0 Å². The number of aryl methyl sites for hydroxylation is 2. The Morgan fingerprint density at radius 3 is 2.79 bits per heavy atom. The third kappa shape index (κ3) is 4.86. The third-order valence-corrected chi connectivity index (χ3v) is 7.45. The van der Waals surface area contributed by atoms with Gasteiger partial charge in [0.05, 0.1) is 23.9 Å². The van der Waals surface area contributed by atoms with Crippen LogP contribution in [0.15, 0.2) is 12.4 Å². The molecule has 2 atom stereocenters. The number of ether oxygens (including phenoxy) is 2. The number of hydrogen-bond donors (Lipinski definition) is 1. The number of esters is 1. The van der Waals surface area contributed by atoms with E-state index in [0.29, 0.717) is 58.4 Å². The average Bonchev–Trinajstić information content (AvgIpc) is 3.53. The third-order valence-electron chi connectivity index (χ3n) is 5.96. The number of halogens is 1. The van der Waals surface area contributed by atoms with E-state index in [0.717, 1.165) is 12.1 Å². The fourth-order valence-corrected chi connectivity index (χ4v) is 5.31. The Morgan fingerprint density at radius 2 is 2.18 bits per heavy atom. The van der Waals surface area contributed by atoms with Gasteiger partial charge < -0.3 is 19.4 Å². The molecule has 182 valence electrons. The molecular formula is C22H27ClN6O4S. The van der Waals surface area contributed by atoms with Gasteiger partial charge in [0.25, 0.3) is 0 Å². The van der Waals surface area contributed by atoms with Crippen molar-refractivity contribution >= 4 is 39.8 Å². The fourth-order valence-electron chi connectivity index (χ4n) is 4.14. The number of Topliss-reactive ketones (excluding diaryl/α,β-unsaturated/α-hetero) is 1. The lowest BCUT2D eigenvalue weighted by atomic mass is 9.88. The zero-order chi connectivity index (χ0) is 24.4. The summed E-state index contributed by atoms with van der Waals surface area (Å²) in [6, 6.07) is 1.68. The predicted molar refractivity (Wildman–Crippen MR) is 129 cm³/mol. The first-order valence-corrected chi connectivity index (χ1v) is 12.2. The van der Waals surface area contributed by atoms with E-state index in [9.17, 15) is 9.59 Å². The summed E-state index contributed by atoms with van der Waals surface area (Å²) in [5.74, 6) is 0.0995. The van der Waals surface area contributed by atoms with Crippen LogP contribution in [0.2, 0.25) is 5.02 Å². The Hall–Kier alpha value is -2.76. The van der Waals surface area contributed by atoms with Crippen molar-refractivity contribution in [3.05, 3.63) is 33.7 Å². The minimum atomic E-state index is -0.469. The van der Waals surface area contributed by atoms with Gasteiger partial charge in [0.2, 0.25) is 0 Å². The maximum Gasteiger partial charge on any atom is 0.350 e. The molecule has 1 N–H and O–H groups in total.